The highest BCUT2D eigenvalue weighted by Crippen LogP contribution is 2.37. The van der Waals surface area contributed by atoms with Gasteiger partial charge in [0.15, 0.2) is 5.11 Å². The maximum atomic E-state index is 12.5. The van der Waals surface area contributed by atoms with Crippen molar-refractivity contribution < 1.29 is 4.79 Å². The molecule has 0 atom stereocenters. The Hall–Kier alpha value is -0.790. The first kappa shape index (κ1) is 20.0. The summed E-state index contributed by atoms with van der Waals surface area (Å²) in [6.45, 7) is 0. The van der Waals surface area contributed by atoms with Crippen LogP contribution in [0, 0.1) is 0 Å². The van der Waals surface area contributed by atoms with Gasteiger partial charge >= 0.3 is 0 Å². The van der Waals surface area contributed by atoms with E-state index in [1.165, 1.54) is 23.5 Å². The van der Waals surface area contributed by atoms with Gasteiger partial charge in [-0.1, -0.05) is 64.1 Å². The van der Waals surface area contributed by atoms with Crippen molar-refractivity contribution in [3.8, 4) is 0 Å². The van der Waals surface area contributed by atoms with Crippen LogP contribution < -0.4 is 10.6 Å². The van der Waals surface area contributed by atoms with Gasteiger partial charge < -0.3 is 5.32 Å². The van der Waals surface area contributed by atoms with Crippen LogP contribution >= 0.6 is 81.6 Å². The Morgan fingerprint density at radius 3 is 2.38 bits per heavy atom. The molecule has 2 N–H and O–H groups in total. The van der Waals surface area contributed by atoms with Gasteiger partial charge in [0.2, 0.25) is 0 Å². The second-order valence-electron chi connectivity index (χ2n) is 5.04. The zero-order chi connectivity index (χ0) is 19.0. The lowest BCUT2D eigenvalue weighted by molar-refractivity contribution is 0.0982. The molecule has 0 aliphatic rings. The number of nitrogens with one attached hydrogen (secondary N) is 2. The van der Waals surface area contributed by atoms with E-state index >= 15 is 0 Å². The molecule has 0 fully saturated rings. The summed E-state index contributed by atoms with van der Waals surface area (Å²) in [5.74, 6) is -0.444. The average Bonchev–Trinajstić information content (AvgIpc) is 2.88. The average molecular weight is 485 g/mol. The summed E-state index contributed by atoms with van der Waals surface area (Å²) in [6, 6.07) is 8.21. The lowest BCUT2D eigenvalue weighted by atomic mass is 10.2. The number of carbonyl (C=O) groups is 1. The van der Waals surface area contributed by atoms with Gasteiger partial charge in [0, 0.05) is 15.1 Å². The van der Waals surface area contributed by atoms with Crippen molar-refractivity contribution in [2.75, 3.05) is 5.32 Å². The molecule has 134 valence electrons. The van der Waals surface area contributed by atoms with E-state index in [1.54, 1.807) is 18.2 Å². The quantitative estimate of drug-likeness (QED) is 0.296. The van der Waals surface area contributed by atoms with Gasteiger partial charge in [-0.2, -0.15) is 0 Å². The summed E-state index contributed by atoms with van der Waals surface area (Å²) in [5, 5.41) is 7.99. The van der Waals surface area contributed by atoms with Crippen molar-refractivity contribution in [2.45, 2.75) is 0 Å². The van der Waals surface area contributed by atoms with Crippen LogP contribution in [0.3, 0.4) is 0 Å². The highest BCUT2D eigenvalue weighted by Gasteiger charge is 2.18. The van der Waals surface area contributed by atoms with Gasteiger partial charge in [0.05, 0.1) is 25.8 Å². The molecule has 0 radical (unpaired) electrons. The molecule has 3 aromatic rings. The Bertz CT molecular complexity index is 1050. The van der Waals surface area contributed by atoms with Crippen molar-refractivity contribution >= 4 is 108 Å². The molecule has 0 unspecified atom stereocenters. The number of carbonyl (C=O) groups excluding carboxylic acids is 1. The van der Waals surface area contributed by atoms with Crippen molar-refractivity contribution in [1.29, 1.82) is 0 Å². The fourth-order valence-corrected chi connectivity index (χ4v) is 4.60. The minimum absolute atomic E-state index is 0.0434. The fourth-order valence-electron chi connectivity index (χ4n) is 2.12. The number of hydrogen-bond donors (Lipinski definition) is 2. The molecular formula is C16H7Cl5N2OS2. The molecule has 3 rings (SSSR count). The van der Waals surface area contributed by atoms with E-state index in [4.69, 9.17) is 70.2 Å². The lowest BCUT2D eigenvalue weighted by Crippen LogP contribution is -2.33. The van der Waals surface area contributed by atoms with Crippen molar-refractivity contribution in [1.82, 2.24) is 5.32 Å². The molecule has 0 saturated carbocycles. The molecule has 0 aliphatic heterocycles. The SMILES string of the molecule is O=C(NC(=S)Nc1cc(Cl)c(Cl)cc1Cl)c1sc2cc(Cl)ccc2c1Cl. The van der Waals surface area contributed by atoms with E-state index in [0.29, 0.717) is 35.7 Å². The Kier molecular flexibility index (Phi) is 6.19. The minimum atomic E-state index is -0.444. The van der Waals surface area contributed by atoms with Gasteiger partial charge in [-0.05, 0) is 36.5 Å². The number of thiocarbonyl (C=S) groups is 1. The van der Waals surface area contributed by atoms with Gasteiger partial charge in [-0.15, -0.1) is 11.3 Å². The second-order valence-corrected chi connectivity index (χ2v) is 8.54. The maximum Gasteiger partial charge on any atom is 0.269 e. The third-order valence-corrected chi connectivity index (χ3v) is 6.41. The van der Waals surface area contributed by atoms with E-state index in [9.17, 15) is 4.79 Å². The Balaban J connectivity index is 1.79. The summed E-state index contributed by atoms with van der Waals surface area (Å²) in [4.78, 5) is 12.8. The monoisotopic (exact) mass is 482 g/mol. The Morgan fingerprint density at radius 1 is 0.962 bits per heavy atom. The number of hydrogen-bond acceptors (Lipinski definition) is 3. The first-order chi connectivity index (χ1) is 12.3. The van der Waals surface area contributed by atoms with Crippen LogP contribution in [-0.2, 0) is 0 Å². The predicted octanol–water partition coefficient (Wildman–Crippen LogP) is 7.30. The molecule has 1 heterocycles. The predicted molar refractivity (Wildman–Crippen MR) is 117 cm³/mol. The molecular weight excluding hydrogens is 478 g/mol. The third kappa shape index (κ3) is 4.20. The fraction of sp³-hybridized carbons (Fsp3) is 0. The molecule has 0 aliphatic carbocycles. The van der Waals surface area contributed by atoms with Crippen LogP contribution in [0.5, 0.6) is 0 Å². The highest BCUT2D eigenvalue weighted by atomic mass is 35.5. The summed E-state index contributed by atoms with van der Waals surface area (Å²) < 4.78 is 0.805. The molecule has 3 nitrogen and oxygen atoms in total. The maximum absolute atomic E-state index is 12.5. The van der Waals surface area contributed by atoms with Crippen molar-refractivity contribution in [3.05, 3.63) is 60.3 Å². The standard InChI is InChI=1S/C16H7Cl5N2OS2/c17-6-1-2-7-12(3-6)26-14(13(7)21)15(24)23-16(25)22-11-5-9(19)8(18)4-10(11)20/h1-5H,(H2,22,23,24,25). The number of amides is 1. The zero-order valence-electron chi connectivity index (χ0n) is 12.5. The summed E-state index contributed by atoms with van der Waals surface area (Å²) in [6.07, 6.45) is 0. The summed E-state index contributed by atoms with van der Waals surface area (Å²) in [7, 11) is 0. The van der Waals surface area contributed by atoms with Crippen molar-refractivity contribution in [2.24, 2.45) is 0 Å². The van der Waals surface area contributed by atoms with Crippen LogP contribution in [-0.4, -0.2) is 11.0 Å². The third-order valence-electron chi connectivity index (χ3n) is 3.28. The molecule has 2 aromatic carbocycles. The van der Waals surface area contributed by atoms with Gasteiger partial charge in [0.25, 0.3) is 5.91 Å². The van der Waals surface area contributed by atoms with Crippen LogP contribution in [0.4, 0.5) is 5.69 Å². The van der Waals surface area contributed by atoms with Gasteiger partial charge in [-0.25, -0.2) is 0 Å². The second kappa shape index (κ2) is 8.07. The highest BCUT2D eigenvalue weighted by molar-refractivity contribution is 7.80. The number of anilines is 1. The molecule has 10 heteroatoms. The topological polar surface area (TPSA) is 41.1 Å². The number of fused-ring (bicyclic) bond motifs is 1. The molecule has 26 heavy (non-hydrogen) atoms. The Morgan fingerprint density at radius 2 is 1.65 bits per heavy atom. The van der Waals surface area contributed by atoms with E-state index in [1.807, 2.05) is 0 Å². The normalized spacial score (nSPS) is 10.8. The molecule has 1 aromatic heterocycles. The first-order valence-electron chi connectivity index (χ1n) is 6.90. The number of rotatable bonds is 2. The van der Waals surface area contributed by atoms with Crippen LogP contribution in [0.2, 0.25) is 25.1 Å². The number of benzene rings is 2. The smallest absolute Gasteiger partial charge is 0.269 e. The molecule has 1 amide bonds. The minimum Gasteiger partial charge on any atom is -0.331 e. The molecule has 0 saturated heterocycles. The van der Waals surface area contributed by atoms with Gasteiger partial charge in [-0.3, -0.25) is 10.1 Å². The summed E-state index contributed by atoms with van der Waals surface area (Å²) >= 11 is 36.6. The van der Waals surface area contributed by atoms with Gasteiger partial charge in [0.1, 0.15) is 4.88 Å². The van der Waals surface area contributed by atoms with E-state index in [0.717, 1.165) is 10.1 Å². The van der Waals surface area contributed by atoms with E-state index < -0.39 is 5.91 Å². The van der Waals surface area contributed by atoms with E-state index in [-0.39, 0.29) is 5.11 Å². The summed E-state index contributed by atoms with van der Waals surface area (Å²) in [5.41, 5.74) is 0.417. The van der Waals surface area contributed by atoms with Crippen LogP contribution in [0.25, 0.3) is 10.1 Å². The number of halogens is 5. The Labute approximate surface area is 183 Å². The van der Waals surface area contributed by atoms with E-state index in [2.05, 4.69) is 10.6 Å². The molecule has 0 bridgehead atoms. The van der Waals surface area contributed by atoms with Crippen LogP contribution in [0.15, 0.2) is 30.3 Å². The van der Waals surface area contributed by atoms with Crippen LogP contribution in [0.1, 0.15) is 9.67 Å². The number of thiophene rings is 1. The first-order valence-corrected chi connectivity index (χ1v) is 10.0. The largest absolute Gasteiger partial charge is 0.331 e. The van der Waals surface area contributed by atoms with Crippen molar-refractivity contribution in [3.63, 3.8) is 0 Å². The molecule has 0 spiro atoms. The lowest BCUT2D eigenvalue weighted by Gasteiger charge is -2.11. The zero-order valence-corrected chi connectivity index (χ0v) is 17.9.